The van der Waals surface area contributed by atoms with Gasteiger partial charge in [0.2, 0.25) is 5.84 Å². The van der Waals surface area contributed by atoms with Gasteiger partial charge in [0.1, 0.15) is 0 Å². The number of nitro groups is 1. The van der Waals surface area contributed by atoms with Crippen molar-refractivity contribution in [1.29, 1.82) is 5.26 Å². The van der Waals surface area contributed by atoms with Gasteiger partial charge < -0.3 is 0 Å². The van der Waals surface area contributed by atoms with Gasteiger partial charge in [0.25, 0.3) is 5.69 Å². The lowest BCUT2D eigenvalue weighted by Crippen LogP contribution is -2.02. The predicted octanol–water partition coefficient (Wildman–Crippen LogP) is 6.83. The minimum Gasteiger partial charge on any atom is -0.276 e. The molecule has 0 spiro atoms. The molecule has 0 amide bonds. The molecular formula is C24H15ClN6O2. The molecule has 0 aromatic heterocycles. The van der Waals surface area contributed by atoms with E-state index in [9.17, 15) is 10.1 Å². The molecule has 4 aromatic rings. The Kier molecular flexibility index (Phi) is 6.34. The van der Waals surface area contributed by atoms with E-state index < -0.39 is 4.92 Å². The largest absolute Gasteiger partial charge is 0.276 e. The van der Waals surface area contributed by atoms with Crippen molar-refractivity contribution in [2.75, 3.05) is 5.43 Å². The van der Waals surface area contributed by atoms with Gasteiger partial charge in [-0.3, -0.25) is 15.5 Å². The normalized spacial score (nSPS) is 11.5. The number of hydrazone groups is 1. The molecule has 0 radical (unpaired) electrons. The van der Waals surface area contributed by atoms with E-state index in [2.05, 4.69) is 26.8 Å². The van der Waals surface area contributed by atoms with E-state index >= 15 is 0 Å². The van der Waals surface area contributed by atoms with Crippen molar-refractivity contribution in [3.63, 3.8) is 0 Å². The van der Waals surface area contributed by atoms with Gasteiger partial charge in [-0.2, -0.15) is 10.4 Å². The molecule has 160 valence electrons. The Balaban J connectivity index is 1.69. The number of non-ortho nitro benzene ring substituents is 1. The number of fused-ring (bicyclic) bond motifs is 1. The van der Waals surface area contributed by atoms with Gasteiger partial charge in [-0.15, -0.1) is 10.2 Å². The quantitative estimate of drug-likeness (QED) is 0.117. The molecule has 0 bridgehead atoms. The van der Waals surface area contributed by atoms with Gasteiger partial charge in [-0.25, -0.2) is 0 Å². The summed E-state index contributed by atoms with van der Waals surface area (Å²) >= 11 is 5.98. The van der Waals surface area contributed by atoms with Gasteiger partial charge in [0.15, 0.2) is 0 Å². The minimum atomic E-state index is -0.540. The standard InChI is InChI=1S/C24H15ClN6O2/c25-20-12-22(14-23(13-20)31(32)33)28-30-24(18-7-5-16(15-26)6-8-18)29-27-21-10-9-17-3-1-2-4-19(17)11-21/h1-14,28H. The minimum absolute atomic E-state index is 0.169. The van der Waals surface area contributed by atoms with Crippen LogP contribution in [0.2, 0.25) is 5.02 Å². The second-order valence-electron chi connectivity index (χ2n) is 6.92. The summed E-state index contributed by atoms with van der Waals surface area (Å²) in [6, 6.07) is 26.4. The summed E-state index contributed by atoms with van der Waals surface area (Å²) in [4.78, 5) is 10.6. The Morgan fingerprint density at radius 2 is 1.73 bits per heavy atom. The predicted molar refractivity (Wildman–Crippen MR) is 128 cm³/mol. The van der Waals surface area contributed by atoms with Crippen LogP contribution in [0.25, 0.3) is 10.8 Å². The number of benzene rings is 4. The Morgan fingerprint density at radius 1 is 0.970 bits per heavy atom. The van der Waals surface area contributed by atoms with Crippen LogP contribution in [-0.4, -0.2) is 10.8 Å². The van der Waals surface area contributed by atoms with Crippen molar-refractivity contribution in [1.82, 2.24) is 0 Å². The fourth-order valence-electron chi connectivity index (χ4n) is 3.04. The molecular weight excluding hydrogens is 440 g/mol. The van der Waals surface area contributed by atoms with Gasteiger partial charge in [-0.05, 0) is 53.2 Å². The summed E-state index contributed by atoms with van der Waals surface area (Å²) in [6.07, 6.45) is 0. The lowest BCUT2D eigenvalue weighted by atomic mass is 10.1. The number of hydrogen-bond donors (Lipinski definition) is 1. The van der Waals surface area contributed by atoms with E-state index in [1.54, 1.807) is 24.3 Å². The second-order valence-corrected chi connectivity index (χ2v) is 7.36. The molecule has 0 unspecified atom stereocenters. The molecule has 0 atom stereocenters. The Labute approximate surface area is 193 Å². The highest BCUT2D eigenvalue weighted by Crippen LogP contribution is 2.25. The highest BCUT2D eigenvalue weighted by Gasteiger charge is 2.10. The Hall–Kier alpha value is -4.61. The van der Waals surface area contributed by atoms with Gasteiger partial charge in [-0.1, -0.05) is 41.9 Å². The van der Waals surface area contributed by atoms with Crippen LogP contribution in [0.1, 0.15) is 11.1 Å². The number of nitro benzene ring substituents is 1. The maximum absolute atomic E-state index is 11.1. The molecule has 0 fully saturated rings. The van der Waals surface area contributed by atoms with E-state index in [0.29, 0.717) is 22.5 Å². The maximum atomic E-state index is 11.1. The summed E-state index contributed by atoms with van der Waals surface area (Å²) in [5.41, 5.74) is 4.63. The molecule has 4 aromatic carbocycles. The third-order valence-corrected chi connectivity index (χ3v) is 4.87. The molecule has 0 saturated carbocycles. The highest BCUT2D eigenvalue weighted by atomic mass is 35.5. The average molecular weight is 455 g/mol. The molecule has 0 aliphatic carbocycles. The monoisotopic (exact) mass is 454 g/mol. The lowest BCUT2D eigenvalue weighted by molar-refractivity contribution is -0.384. The van der Waals surface area contributed by atoms with Crippen LogP contribution < -0.4 is 5.43 Å². The first-order valence-electron chi connectivity index (χ1n) is 9.71. The van der Waals surface area contributed by atoms with Crippen molar-refractivity contribution < 1.29 is 4.92 Å². The van der Waals surface area contributed by atoms with Crippen LogP contribution in [0, 0.1) is 21.4 Å². The van der Waals surface area contributed by atoms with E-state index in [4.69, 9.17) is 16.9 Å². The first-order chi connectivity index (χ1) is 16.0. The Bertz CT molecular complexity index is 1440. The number of nitrogens with one attached hydrogen (secondary N) is 1. The molecule has 33 heavy (non-hydrogen) atoms. The number of nitriles is 1. The molecule has 8 nitrogen and oxygen atoms in total. The topological polar surface area (TPSA) is 116 Å². The summed E-state index contributed by atoms with van der Waals surface area (Å²) < 4.78 is 0. The van der Waals surface area contributed by atoms with Crippen LogP contribution >= 0.6 is 11.6 Å². The first-order valence-corrected chi connectivity index (χ1v) is 10.1. The third-order valence-electron chi connectivity index (χ3n) is 4.65. The van der Waals surface area contributed by atoms with E-state index in [0.717, 1.165) is 10.8 Å². The fraction of sp³-hybridized carbons (Fsp3) is 0. The average Bonchev–Trinajstić information content (AvgIpc) is 2.83. The van der Waals surface area contributed by atoms with E-state index in [1.165, 1.54) is 18.2 Å². The van der Waals surface area contributed by atoms with Crippen molar-refractivity contribution in [2.24, 2.45) is 15.3 Å². The van der Waals surface area contributed by atoms with E-state index in [-0.39, 0.29) is 16.5 Å². The van der Waals surface area contributed by atoms with Crippen LogP contribution in [0.5, 0.6) is 0 Å². The van der Waals surface area contributed by atoms with E-state index in [1.807, 2.05) is 42.5 Å². The lowest BCUT2D eigenvalue weighted by Gasteiger charge is -2.05. The van der Waals surface area contributed by atoms with Crippen LogP contribution in [0.15, 0.2) is 100 Å². The summed E-state index contributed by atoms with van der Waals surface area (Å²) in [7, 11) is 0. The third kappa shape index (κ3) is 5.36. The van der Waals surface area contributed by atoms with Gasteiger partial charge in [0.05, 0.1) is 27.9 Å². The maximum Gasteiger partial charge on any atom is 0.273 e. The zero-order valence-electron chi connectivity index (χ0n) is 17.0. The van der Waals surface area contributed by atoms with Crippen molar-refractivity contribution >= 4 is 45.3 Å². The number of rotatable bonds is 5. The zero-order valence-corrected chi connectivity index (χ0v) is 17.8. The fourth-order valence-corrected chi connectivity index (χ4v) is 3.27. The zero-order chi connectivity index (χ0) is 23.2. The van der Waals surface area contributed by atoms with Crippen LogP contribution in [-0.2, 0) is 0 Å². The SMILES string of the molecule is N#Cc1ccc(C(N=Nc2ccc3ccccc3c2)=NNc2cc(Cl)cc([N+](=O)[O-])c2)cc1. The summed E-state index contributed by atoms with van der Waals surface area (Å²) in [6.45, 7) is 0. The number of nitrogens with zero attached hydrogens (tertiary/aromatic N) is 5. The molecule has 0 aliphatic heterocycles. The number of anilines is 1. The number of halogens is 1. The van der Waals surface area contributed by atoms with Gasteiger partial charge >= 0.3 is 0 Å². The Morgan fingerprint density at radius 3 is 2.45 bits per heavy atom. The van der Waals surface area contributed by atoms with Crippen molar-refractivity contribution in [3.8, 4) is 6.07 Å². The molecule has 0 heterocycles. The summed E-state index contributed by atoms with van der Waals surface area (Å²) in [5, 5.41) is 35.3. The smallest absolute Gasteiger partial charge is 0.273 e. The molecule has 0 saturated heterocycles. The molecule has 4 rings (SSSR count). The second kappa shape index (κ2) is 9.68. The van der Waals surface area contributed by atoms with Crippen LogP contribution in [0.4, 0.5) is 17.1 Å². The number of amidine groups is 1. The van der Waals surface area contributed by atoms with Crippen LogP contribution in [0.3, 0.4) is 0 Å². The number of azo groups is 1. The highest BCUT2D eigenvalue weighted by molar-refractivity contribution is 6.31. The number of hydrogen-bond acceptors (Lipinski definition) is 6. The van der Waals surface area contributed by atoms with Crippen molar-refractivity contribution in [3.05, 3.63) is 111 Å². The van der Waals surface area contributed by atoms with Gasteiger partial charge in [0, 0.05) is 22.7 Å². The first kappa shape index (κ1) is 21.6. The summed E-state index contributed by atoms with van der Waals surface area (Å²) in [5.74, 6) is 0.218. The molecule has 1 N–H and O–H groups in total. The molecule has 9 heteroatoms. The van der Waals surface area contributed by atoms with Crippen molar-refractivity contribution in [2.45, 2.75) is 0 Å². The molecule has 0 aliphatic rings.